The van der Waals surface area contributed by atoms with Crippen LogP contribution in [-0.4, -0.2) is 37.5 Å². The van der Waals surface area contributed by atoms with Crippen molar-refractivity contribution in [1.29, 1.82) is 0 Å². The maximum Gasteiger partial charge on any atom is 0.338 e. The van der Waals surface area contributed by atoms with Gasteiger partial charge in [-0.15, -0.1) is 0 Å². The van der Waals surface area contributed by atoms with E-state index in [4.69, 9.17) is 9.47 Å². The van der Waals surface area contributed by atoms with E-state index in [0.717, 1.165) is 9.37 Å². The van der Waals surface area contributed by atoms with Gasteiger partial charge in [0.2, 0.25) is 0 Å². The number of esters is 1. The summed E-state index contributed by atoms with van der Waals surface area (Å²) in [4.78, 5) is 50.3. The minimum absolute atomic E-state index is 0.199. The number of hydrogen-bond donors (Lipinski definition) is 1. The lowest BCUT2D eigenvalue weighted by molar-refractivity contribution is -0.122. The topological polar surface area (TPSA) is 102 Å². The van der Waals surface area contributed by atoms with Crippen LogP contribution in [0.1, 0.15) is 22.8 Å². The third-order valence-electron chi connectivity index (χ3n) is 4.23. The molecule has 3 rings (SSSR count). The van der Waals surface area contributed by atoms with Crippen LogP contribution in [-0.2, 0) is 14.3 Å². The summed E-state index contributed by atoms with van der Waals surface area (Å²) in [6.45, 7) is 1.91. The standard InChI is InChI=1S/C21H17BrN2O6/c1-3-30-20(27)12-4-7-15(8-5-12)24-19(26)16(18(25)23-21(24)28)11-13-10-14(22)6-9-17(13)29-2/h4-11H,3H2,1-2H3,(H,23,25,28)/b16-11+. The van der Waals surface area contributed by atoms with Gasteiger partial charge >= 0.3 is 12.0 Å². The number of rotatable bonds is 5. The van der Waals surface area contributed by atoms with Crippen molar-refractivity contribution in [3.05, 3.63) is 63.6 Å². The molecule has 2 aromatic rings. The summed E-state index contributed by atoms with van der Waals surface area (Å²) in [5.74, 6) is -1.68. The number of anilines is 1. The number of carbonyl (C=O) groups is 4. The normalized spacial score (nSPS) is 15.2. The molecule has 0 atom stereocenters. The lowest BCUT2D eigenvalue weighted by Crippen LogP contribution is -2.54. The zero-order valence-corrected chi connectivity index (χ0v) is 17.7. The second kappa shape index (κ2) is 8.91. The number of ether oxygens (including phenoxy) is 2. The van der Waals surface area contributed by atoms with Gasteiger partial charge in [0.05, 0.1) is 25.0 Å². The second-order valence-corrected chi connectivity index (χ2v) is 7.03. The zero-order valence-electron chi connectivity index (χ0n) is 16.1. The Morgan fingerprint density at radius 3 is 2.47 bits per heavy atom. The number of hydrogen-bond acceptors (Lipinski definition) is 6. The maximum atomic E-state index is 13.0. The van der Waals surface area contributed by atoms with Crippen molar-refractivity contribution in [2.24, 2.45) is 0 Å². The van der Waals surface area contributed by atoms with Crippen LogP contribution in [0.25, 0.3) is 6.08 Å². The maximum absolute atomic E-state index is 13.0. The Labute approximate surface area is 180 Å². The van der Waals surface area contributed by atoms with Crippen LogP contribution in [0.15, 0.2) is 52.5 Å². The number of barbiturate groups is 1. The summed E-state index contributed by atoms with van der Waals surface area (Å²) in [6.07, 6.45) is 1.35. The lowest BCUT2D eigenvalue weighted by Gasteiger charge is -2.26. The van der Waals surface area contributed by atoms with E-state index >= 15 is 0 Å². The first kappa shape index (κ1) is 21.3. The van der Waals surface area contributed by atoms with Crippen molar-refractivity contribution < 1.29 is 28.7 Å². The van der Waals surface area contributed by atoms with Gasteiger partial charge in [-0.05, 0) is 55.5 Å². The first-order valence-electron chi connectivity index (χ1n) is 8.88. The third kappa shape index (κ3) is 4.25. The van der Waals surface area contributed by atoms with E-state index in [1.165, 1.54) is 37.5 Å². The van der Waals surface area contributed by atoms with Gasteiger partial charge < -0.3 is 9.47 Å². The van der Waals surface area contributed by atoms with Crippen LogP contribution >= 0.6 is 15.9 Å². The highest BCUT2D eigenvalue weighted by molar-refractivity contribution is 9.10. The van der Waals surface area contributed by atoms with Crippen LogP contribution in [0.2, 0.25) is 0 Å². The van der Waals surface area contributed by atoms with E-state index in [-0.39, 0.29) is 23.4 Å². The molecule has 0 saturated carbocycles. The number of imide groups is 2. The number of nitrogens with one attached hydrogen (secondary N) is 1. The van der Waals surface area contributed by atoms with Crippen LogP contribution in [0, 0.1) is 0 Å². The molecule has 154 valence electrons. The minimum atomic E-state index is -0.882. The summed E-state index contributed by atoms with van der Waals surface area (Å²) in [6, 6.07) is 9.96. The van der Waals surface area contributed by atoms with E-state index in [1.54, 1.807) is 25.1 Å². The van der Waals surface area contributed by atoms with E-state index < -0.39 is 23.8 Å². The molecule has 9 heteroatoms. The lowest BCUT2D eigenvalue weighted by atomic mass is 10.1. The molecule has 0 unspecified atom stereocenters. The molecule has 0 bridgehead atoms. The average molecular weight is 473 g/mol. The number of urea groups is 1. The Morgan fingerprint density at radius 2 is 1.83 bits per heavy atom. The first-order chi connectivity index (χ1) is 14.3. The van der Waals surface area contributed by atoms with Crippen molar-refractivity contribution >= 4 is 51.5 Å². The SMILES string of the molecule is CCOC(=O)c1ccc(N2C(=O)NC(=O)/C(=C\c3cc(Br)ccc3OC)C2=O)cc1. The highest BCUT2D eigenvalue weighted by atomic mass is 79.9. The Balaban J connectivity index is 1.97. The van der Waals surface area contributed by atoms with Gasteiger partial charge in [-0.3, -0.25) is 14.9 Å². The van der Waals surface area contributed by atoms with Gasteiger partial charge in [0, 0.05) is 10.0 Å². The summed E-state index contributed by atoms with van der Waals surface area (Å²) < 4.78 is 10.9. The molecule has 0 aliphatic carbocycles. The van der Waals surface area contributed by atoms with Gasteiger partial charge in [-0.1, -0.05) is 15.9 Å². The molecule has 0 aromatic heterocycles. The predicted molar refractivity (Wildman–Crippen MR) is 112 cm³/mol. The van der Waals surface area contributed by atoms with Gasteiger partial charge in [0.15, 0.2) is 0 Å². The quantitative estimate of drug-likeness (QED) is 0.406. The molecule has 0 spiro atoms. The molecule has 1 aliphatic heterocycles. The Kier molecular flexibility index (Phi) is 6.31. The van der Waals surface area contributed by atoms with Gasteiger partial charge in [-0.25, -0.2) is 14.5 Å². The summed E-state index contributed by atoms with van der Waals surface area (Å²) in [5, 5.41) is 2.15. The van der Waals surface area contributed by atoms with Crippen molar-refractivity contribution in [2.75, 3.05) is 18.6 Å². The van der Waals surface area contributed by atoms with Crippen LogP contribution < -0.4 is 15.0 Å². The average Bonchev–Trinajstić information content (AvgIpc) is 2.72. The molecular weight excluding hydrogens is 456 g/mol. The van der Waals surface area contributed by atoms with E-state index in [9.17, 15) is 19.2 Å². The molecule has 1 saturated heterocycles. The monoisotopic (exact) mass is 472 g/mol. The summed E-state index contributed by atoms with van der Waals surface area (Å²) >= 11 is 3.34. The van der Waals surface area contributed by atoms with E-state index in [1.807, 2.05) is 0 Å². The number of methoxy groups -OCH3 is 1. The molecule has 1 N–H and O–H groups in total. The van der Waals surface area contributed by atoms with E-state index in [2.05, 4.69) is 21.2 Å². The number of amides is 4. The number of carbonyl (C=O) groups excluding carboxylic acids is 4. The molecule has 2 aromatic carbocycles. The Hall–Kier alpha value is -3.46. The van der Waals surface area contributed by atoms with Crippen molar-refractivity contribution in [3.8, 4) is 5.75 Å². The molecule has 8 nitrogen and oxygen atoms in total. The van der Waals surface area contributed by atoms with E-state index in [0.29, 0.717) is 11.3 Å². The summed E-state index contributed by atoms with van der Waals surface area (Å²) in [7, 11) is 1.47. The highest BCUT2D eigenvalue weighted by Gasteiger charge is 2.37. The Morgan fingerprint density at radius 1 is 1.13 bits per heavy atom. The van der Waals surface area contributed by atoms with Crippen LogP contribution in [0.3, 0.4) is 0 Å². The highest BCUT2D eigenvalue weighted by Crippen LogP contribution is 2.28. The molecule has 4 amide bonds. The van der Waals surface area contributed by atoms with Gasteiger partial charge in [0.25, 0.3) is 11.8 Å². The fourth-order valence-electron chi connectivity index (χ4n) is 2.83. The zero-order chi connectivity index (χ0) is 21.8. The molecule has 1 aliphatic rings. The number of nitrogens with zero attached hydrogens (tertiary/aromatic N) is 1. The van der Waals surface area contributed by atoms with Crippen LogP contribution in [0.4, 0.5) is 10.5 Å². The van der Waals surface area contributed by atoms with Crippen LogP contribution in [0.5, 0.6) is 5.75 Å². The van der Waals surface area contributed by atoms with Crippen molar-refractivity contribution in [1.82, 2.24) is 5.32 Å². The molecule has 0 radical (unpaired) electrons. The molecule has 30 heavy (non-hydrogen) atoms. The summed E-state index contributed by atoms with van der Waals surface area (Å²) in [5.41, 5.74) is 0.721. The van der Waals surface area contributed by atoms with Gasteiger partial charge in [0.1, 0.15) is 11.3 Å². The molecular formula is C21H17BrN2O6. The first-order valence-corrected chi connectivity index (χ1v) is 9.67. The fourth-order valence-corrected chi connectivity index (χ4v) is 3.21. The van der Waals surface area contributed by atoms with Gasteiger partial charge in [-0.2, -0.15) is 0 Å². The smallest absolute Gasteiger partial charge is 0.338 e. The number of halogens is 1. The minimum Gasteiger partial charge on any atom is -0.496 e. The van der Waals surface area contributed by atoms with Crippen molar-refractivity contribution in [3.63, 3.8) is 0 Å². The fraction of sp³-hybridized carbons (Fsp3) is 0.143. The third-order valence-corrected chi connectivity index (χ3v) is 4.72. The molecule has 1 heterocycles. The Bertz CT molecular complexity index is 1060. The molecule has 1 fully saturated rings. The van der Waals surface area contributed by atoms with Crippen molar-refractivity contribution in [2.45, 2.75) is 6.92 Å². The number of benzene rings is 2. The largest absolute Gasteiger partial charge is 0.496 e. The second-order valence-electron chi connectivity index (χ2n) is 6.11. The predicted octanol–water partition coefficient (Wildman–Crippen LogP) is 3.30.